The fraction of sp³-hybridized carbons (Fsp3) is 0.714. The Balaban J connectivity index is 3.32. The van der Waals surface area contributed by atoms with Gasteiger partial charge in [-0.3, -0.25) is 0 Å². The van der Waals surface area contributed by atoms with Gasteiger partial charge in [0, 0.05) is 13.1 Å². The summed E-state index contributed by atoms with van der Waals surface area (Å²) in [4.78, 5) is 0. The van der Waals surface area contributed by atoms with E-state index in [0.717, 1.165) is 0 Å². The van der Waals surface area contributed by atoms with Crippen LogP contribution < -0.4 is 5.43 Å². The van der Waals surface area contributed by atoms with Crippen molar-refractivity contribution in [1.82, 2.24) is 10.4 Å². The molecular weight excluding hydrogens is 252 g/mol. The lowest BCUT2D eigenvalue weighted by molar-refractivity contribution is 0.138. The highest BCUT2D eigenvalue weighted by atomic mass is 15.5. The standard InChI is InChI=1S/C14H18N6/c1-4-20(5-2)19-12-6-11(3)13(7-15,8-16)14(12,9-17)10-18/h11-12,19H,4-6H2,1-3H3. The van der Waals surface area contributed by atoms with Crippen LogP contribution in [0.5, 0.6) is 0 Å². The molecule has 104 valence electrons. The van der Waals surface area contributed by atoms with Crippen LogP contribution in [0.3, 0.4) is 0 Å². The second-order valence-electron chi connectivity index (χ2n) is 5.05. The summed E-state index contributed by atoms with van der Waals surface area (Å²) in [5, 5.41) is 39.8. The third kappa shape index (κ3) is 1.91. The van der Waals surface area contributed by atoms with Crippen LogP contribution in [0.4, 0.5) is 0 Å². The first-order valence-corrected chi connectivity index (χ1v) is 6.67. The Bertz CT molecular complexity index is 494. The van der Waals surface area contributed by atoms with Gasteiger partial charge in [-0.25, -0.2) is 10.4 Å². The van der Waals surface area contributed by atoms with Gasteiger partial charge < -0.3 is 0 Å². The van der Waals surface area contributed by atoms with Gasteiger partial charge in [-0.05, 0) is 12.3 Å². The average molecular weight is 270 g/mol. The zero-order chi connectivity index (χ0) is 15.4. The van der Waals surface area contributed by atoms with Crippen molar-refractivity contribution in [3.63, 3.8) is 0 Å². The van der Waals surface area contributed by atoms with Gasteiger partial charge in [0.15, 0.2) is 10.8 Å². The molecule has 2 atom stereocenters. The molecule has 0 aromatic rings. The molecule has 2 unspecified atom stereocenters. The van der Waals surface area contributed by atoms with Crippen molar-refractivity contribution in [3.05, 3.63) is 0 Å². The van der Waals surface area contributed by atoms with E-state index >= 15 is 0 Å². The van der Waals surface area contributed by atoms with E-state index in [1.54, 1.807) is 6.92 Å². The van der Waals surface area contributed by atoms with Gasteiger partial charge in [-0.1, -0.05) is 20.8 Å². The molecule has 1 aliphatic carbocycles. The van der Waals surface area contributed by atoms with E-state index in [-0.39, 0.29) is 5.92 Å². The van der Waals surface area contributed by atoms with E-state index in [0.29, 0.717) is 19.5 Å². The normalized spacial score (nSPS) is 26.2. The van der Waals surface area contributed by atoms with Crippen molar-refractivity contribution < 1.29 is 0 Å². The highest BCUT2D eigenvalue weighted by Crippen LogP contribution is 2.55. The summed E-state index contributed by atoms with van der Waals surface area (Å²) < 4.78 is 0. The summed E-state index contributed by atoms with van der Waals surface area (Å²) in [6, 6.07) is 7.28. The monoisotopic (exact) mass is 270 g/mol. The van der Waals surface area contributed by atoms with E-state index in [4.69, 9.17) is 0 Å². The molecule has 0 heterocycles. The lowest BCUT2D eigenvalue weighted by Crippen LogP contribution is -2.53. The molecular formula is C14H18N6. The second kappa shape index (κ2) is 5.89. The first-order chi connectivity index (χ1) is 9.51. The molecule has 1 saturated carbocycles. The van der Waals surface area contributed by atoms with Crippen LogP contribution in [0.25, 0.3) is 0 Å². The smallest absolute Gasteiger partial charge is 0.192 e. The Morgan fingerprint density at radius 3 is 1.80 bits per heavy atom. The average Bonchev–Trinajstić information content (AvgIpc) is 2.72. The van der Waals surface area contributed by atoms with Crippen LogP contribution in [0.2, 0.25) is 0 Å². The van der Waals surface area contributed by atoms with Gasteiger partial charge in [0.1, 0.15) is 0 Å². The molecule has 20 heavy (non-hydrogen) atoms. The van der Waals surface area contributed by atoms with E-state index in [2.05, 4.69) is 5.43 Å². The Kier molecular flexibility index (Phi) is 4.69. The molecule has 1 rings (SSSR count). The molecule has 1 N–H and O–H groups in total. The van der Waals surface area contributed by atoms with E-state index in [1.807, 2.05) is 43.1 Å². The third-order valence-corrected chi connectivity index (χ3v) is 4.28. The summed E-state index contributed by atoms with van der Waals surface area (Å²) >= 11 is 0. The van der Waals surface area contributed by atoms with Crippen LogP contribution in [0.1, 0.15) is 27.2 Å². The molecule has 0 bridgehead atoms. The molecule has 1 fully saturated rings. The number of nitriles is 4. The van der Waals surface area contributed by atoms with Crippen molar-refractivity contribution in [3.8, 4) is 24.3 Å². The van der Waals surface area contributed by atoms with Crippen molar-refractivity contribution in [2.75, 3.05) is 13.1 Å². The van der Waals surface area contributed by atoms with Gasteiger partial charge in [0.05, 0.1) is 30.3 Å². The van der Waals surface area contributed by atoms with Crippen molar-refractivity contribution in [1.29, 1.82) is 21.0 Å². The molecule has 0 radical (unpaired) electrons. The summed E-state index contributed by atoms with van der Waals surface area (Å²) in [5.74, 6) is -0.343. The lowest BCUT2D eigenvalue weighted by atomic mass is 9.65. The van der Waals surface area contributed by atoms with Crippen LogP contribution in [0.15, 0.2) is 0 Å². The highest BCUT2D eigenvalue weighted by molar-refractivity contribution is 5.41. The van der Waals surface area contributed by atoms with E-state index in [9.17, 15) is 21.0 Å². The van der Waals surface area contributed by atoms with Crippen LogP contribution in [0, 0.1) is 62.1 Å². The van der Waals surface area contributed by atoms with Crippen molar-refractivity contribution in [2.45, 2.75) is 33.2 Å². The number of rotatable bonds is 4. The molecule has 0 spiro atoms. The second-order valence-corrected chi connectivity index (χ2v) is 5.05. The van der Waals surface area contributed by atoms with Crippen molar-refractivity contribution in [2.24, 2.45) is 16.7 Å². The summed E-state index contributed by atoms with van der Waals surface area (Å²) in [6.07, 6.45) is 0.443. The molecule has 0 aromatic heterocycles. The van der Waals surface area contributed by atoms with Crippen LogP contribution in [-0.4, -0.2) is 24.1 Å². The molecule has 1 aliphatic rings. The van der Waals surface area contributed by atoms with Gasteiger partial charge in [-0.15, -0.1) is 0 Å². The maximum absolute atomic E-state index is 9.53. The first-order valence-electron chi connectivity index (χ1n) is 6.67. The third-order valence-electron chi connectivity index (χ3n) is 4.28. The van der Waals surface area contributed by atoms with E-state index in [1.165, 1.54) is 0 Å². The maximum Gasteiger partial charge on any atom is 0.192 e. The van der Waals surface area contributed by atoms with Gasteiger partial charge in [0.2, 0.25) is 0 Å². The minimum atomic E-state index is -1.65. The predicted molar refractivity (Wildman–Crippen MR) is 70.9 cm³/mol. The van der Waals surface area contributed by atoms with E-state index < -0.39 is 16.9 Å². The number of nitrogens with zero attached hydrogens (tertiary/aromatic N) is 5. The Hall–Kier alpha value is -2.12. The zero-order valence-electron chi connectivity index (χ0n) is 12.0. The lowest BCUT2D eigenvalue weighted by Gasteiger charge is -2.33. The van der Waals surface area contributed by atoms with Crippen LogP contribution in [-0.2, 0) is 0 Å². The van der Waals surface area contributed by atoms with Crippen LogP contribution >= 0.6 is 0 Å². The Labute approximate surface area is 119 Å². The molecule has 6 nitrogen and oxygen atoms in total. The first kappa shape index (κ1) is 15.9. The summed E-state index contributed by atoms with van der Waals surface area (Å²) in [5.41, 5.74) is -0.102. The highest BCUT2D eigenvalue weighted by Gasteiger charge is 2.67. The fourth-order valence-electron chi connectivity index (χ4n) is 2.93. The topological polar surface area (TPSA) is 110 Å². The number of hydrogen-bond acceptors (Lipinski definition) is 6. The Morgan fingerprint density at radius 2 is 1.45 bits per heavy atom. The zero-order valence-corrected chi connectivity index (χ0v) is 12.0. The SMILES string of the molecule is CCN(CC)NC1CC(C)C(C#N)(C#N)C1(C#N)C#N. The molecule has 0 saturated heterocycles. The predicted octanol–water partition coefficient (Wildman–Crippen LogP) is 1.31. The minimum Gasteiger partial charge on any atom is -0.249 e. The Morgan fingerprint density at radius 1 is 1.00 bits per heavy atom. The molecule has 6 heteroatoms. The summed E-state index contributed by atoms with van der Waals surface area (Å²) in [6.45, 7) is 7.08. The molecule has 0 aliphatic heterocycles. The number of hydrazine groups is 1. The summed E-state index contributed by atoms with van der Waals surface area (Å²) in [7, 11) is 0. The van der Waals surface area contributed by atoms with Crippen molar-refractivity contribution >= 4 is 0 Å². The number of nitrogens with one attached hydrogen (secondary N) is 1. The number of hydrogen-bond donors (Lipinski definition) is 1. The van der Waals surface area contributed by atoms with Gasteiger partial charge >= 0.3 is 0 Å². The molecule has 0 aromatic carbocycles. The quantitative estimate of drug-likeness (QED) is 0.771. The largest absolute Gasteiger partial charge is 0.249 e. The maximum atomic E-state index is 9.53. The fourth-order valence-corrected chi connectivity index (χ4v) is 2.93. The van der Waals surface area contributed by atoms with Gasteiger partial charge in [0.25, 0.3) is 0 Å². The molecule has 0 amide bonds. The van der Waals surface area contributed by atoms with Gasteiger partial charge in [-0.2, -0.15) is 21.0 Å². The minimum absolute atomic E-state index is 0.343.